The van der Waals surface area contributed by atoms with Gasteiger partial charge in [-0.05, 0) is 12.8 Å². The Bertz CT molecular complexity index is 379. The minimum atomic E-state index is -0.292. The lowest BCUT2D eigenvalue weighted by molar-refractivity contribution is 0.659. The molecule has 0 radical (unpaired) electrons. The number of nitrogens with one attached hydrogen (secondary N) is 1. The molecule has 0 spiro atoms. The van der Waals surface area contributed by atoms with Gasteiger partial charge in [-0.25, -0.2) is 23.9 Å². The number of H-pyrrole nitrogens is 1. The third-order valence-electron chi connectivity index (χ3n) is 1.89. The molecule has 1 N–H and O–H groups in total. The number of aryl methyl sites for hydroxylation is 1. The second-order valence-corrected chi connectivity index (χ2v) is 2.86. The number of aromatic nitrogens is 3. The molecule has 1 saturated carbocycles. The zero-order valence-corrected chi connectivity index (χ0v) is 6.20. The maximum atomic E-state index is 11.2. The minimum Gasteiger partial charge on any atom is -0.246 e. The normalized spacial score (nSPS) is 17.2. The van der Waals surface area contributed by atoms with Crippen molar-refractivity contribution in [1.82, 2.24) is 14.3 Å². The number of hydrogen-bond donors (Lipinski definition) is 1. The zero-order valence-electron chi connectivity index (χ0n) is 6.20. The quantitative estimate of drug-likeness (QED) is 0.577. The monoisotopic (exact) mass is 155 g/mol. The Morgan fingerprint density at radius 3 is 2.45 bits per heavy atom. The van der Waals surface area contributed by atoms with Crippen molar-refractivity contribution in [2.45, 2.75) is 18.9 Å². The van der Waals surface area contributed by atoms with Crippen molar-refractivity contribution < 1.29 is 0 Å². The smallest absolute Gasteiger partial charge is 0.246 e. The molecule has 0 amide bonds. The molecule has 0 aliphatic heterocycles. The number of nitrogens with zero attached hydrogens (tertiary/aromatic N) is 2. The molecule has 0 bridgehead atoms. The van der Waals surface area contributed by atoms with Gasteiger partial charge in [-0.3, -0.25) is 0 Å². The summed E-state index contributed by atoms with van der Waals surface area (Å²) in [5, 5.41) is 2.41. The highest BCUT2D eigenvalue weighted by atomic mass is 16.2. The molecule has 1 fully saturated rings. The first kappa shape index (κ1) is 6.45. The molecule has 1 aliphatic carbocycles. The molecule has 1 aliphatic rings. The molecule has 11 heavy (non-hydrogen) atoms. The highest BCUT2D eigenvalue weighted by molar-refractivity contribution is 4.85. The molecule has 1 aromatic heterocycles. The fourth-order valence-corrected chi connectivity index (χ4v) is 1.15. The average molecular weight is 155 g/mol. The molecule has 2 rings (SSSR count). The average Bonchev–Trinajstić information content (AvgIpc) is 2.68. The van der Waals surface area contributed by atoms with Crippen LogP contribution in [0.15, 0.2) is 9.59 Å². The molecule has 1 heterocycles. The number of aromatic amines is 1. The lowest BCUT2D eigenvalue weighted by Gasteiger charge is -1.89. The molecule has 5 heteroatoms. The van der Waals surface area contributed by atoms with E-state index in [-0.39, 0.29) is 17.4 Å². The molecular weight excluding hydrogens is 146 g/mol. The summed E-state index contributed by atoms with van der Waals surface area (Å²) in [5.41, 5.74) is -0.530. The van der Waals surface area contributed by atoms with E-state index in [0.717, 1.165) is 12.8 Å². The van der Waals surface area contributed by atoms with Gasteiger partial charge in [-0.15, -0.1) is 0 Å². The van der Waals surface area contributed by atoms with Crippen molar-refractivity contribution in [3.63, 3.8) is 0 Å². The van der Waals surface area contributed by atoms with Crippen LogP contribution in [0.5, 0.6) is 0 Å². The van der Waals surface area contributed by atoms with Gasteiger partial charge >= 0.3 is 11.4 Å². The van der Waals surface area contributed by atoms with Crippen LogP contribution in [0, 0.1) is 0 Å². The summed E-state index contributed by atoms with van der Waals surface area (Å²) in [6.45, 7) is 0. The van der Waals surface area contributed by atoms with Crippen LogP contribution in [0.1, 0.15) is 18.9 Å². The molecule has 0 unspecified atom stereocenters. The lowest BCUT2D eigenvalue weighted by Crippen LogP contribution is -2.27. The summed E-state index contributed by atoms with van der Waals surface area (Å²) >= 11 is 0. The molecule has 60 valence electrons. The van der Waals surface area contributed by atoms with Crippen molar-refractivity contribution in [3.8, 4) is 0 Å². The van der Waals surface area contributed by atoms with Crippen LogP contribution in [0.3, 0.4) is 0 Å². The van der Waals surface area contributed by atoms with Gasteiger partial charge < -0.3 is 0 Å². The Balaban J connectivity index is 2.68. The first-order chi connectivity index (χ1) is 5.20. The standard InChI is InChI=1S/C6H9N3O2/c1-8-6(11)9(4-2-3-4)5(10)7-8/h4H,2-3H2,1H3,(H,7,10). The van der Waals surface area contributed by atoms with Crippen molar-refractivity contribution in [2.24, 2.45) is 7.05 Å². The number of rotatable bonds is 1. The molecule has 0 atom stereocenters. The minimum absolute atomic E-state index is 0.160. The maximum absolute atomic E-state index is 11.2. The molecule has 0 aromatic carbocycles. The van der Waals surface area contributed by atoms with Gasteiger partial charge in [0.15, 0.2) is 0 Å². The Morgan fingerprint density at radius 2 is 2.09 bits per heavy atom. The second kappa shape index (κ2) is 1.87. The van der Waals surface area contributed by atoms with Crippen molar-refractivity contribution in [2.75, 3.05) is 0 Å². The van der Waals surface area contributed by atoms with Crippen LogP contribution in [0.25, 0.3) is 0 Å². The highest BCUT2D eigenvalue weighted by Gasteiger charge is 2.27. The van der Waals surface area contributed by atoms with E-state index >= 15 is 0 Å². The van der Waals surface area contributed by atoms with Gasteiger partial charge in [0, 0.05) is 13.1 Å². The van der Waals surface area contributed by atoms with E-state index in [2.05, 4.69) is 5.10 Å². The SMILES string of the molecule is Cn1[nH]c(=O)n(C2CC2)c1=O. The van der Waals surface area contributed by atoms with Gasteiger partial charge in [0.2, 0.25) is 0 Å². The summed E-state index contributed by atoms with van der Waals surface area (Å²) < 4.78 is 2.49. The Kier molecular flexibility index (Phi) is 1.10. The first-order valence-corrected chi connectivity index (χ1v) is 3.57. The van der Waals surface area contributed by atoms with Crippen LogP contribution in [-0.2, 0) is 7.05 Å². The first-order valence-electron chi connectivity index (χ1n) is 3.57. The highest BCUT2D eigenvalue weighted by Crippen LogP contribution is 2.31. The topological polar surface area (TPSA) is 59.8 Å². The molecule has 1 aromatic rings. The van der Waals surface area contributed by atoms with Gasteiger partial charge in [0.1, 0.15) is 0 Å². The predicted octanol–water partition coefficient (Wildman–Crippen LogP) is -0.790. The Morgan fingerprint density at radius 1 is 1.45 bits per heavy atom. The fraction of sp³-hybridized carbons (Fsp3) is 0.667. The molecule has 5 nitrogen and oxygen atoms in total. The number of hydrogen-bond acceptors (Lipinski definition) is 2. The van der Waals surface area contributed by atoms with Crippen molar-refractivity contribution in [1.29, 1.82) is 0 Å². The van der Waals surface area contributed by atoms with Gasteiger partial charge in [-0.1, -0.05) is 0 Å². The summed E-state index contributed by atoms with van der Waals surface area (Å²) in [4.78, 5) is 22.2. The lowest BCUT2D eigenvalue weighted by atomic mass is 10.7. The fourth-order valence-electron chi connectivity index (χ4n) is 1.15. The summed E-state index contributed by atoms with van der Waals surface area (Å²) in [7, 11) is 1.54. The zero-order chi connectivity index (χ0) is 8.01. The molecular formula is C6H9N3O2. The summed E-state index contributed by atoms with van der Waals surface area (Å²) in [6.07, 6.45) is 1.90. The van der Waals surface area contributed by atoms with E-state index in [1.807, 2.05) is 0 Å². The summed E-state index contributed by atoms with van der Waals surface area (Å²) in [5.74, 6) is 0. The van der Waals surface area contributed by atoms with Crippen LogP contribution >= 0.6 is 0 Å². The van der Waals surface area contributed by atoms with Crippen LogP contribution in [0.2, 0.25) is 0 Å². The predicted molar refractivity (Wildman–Crippen MR) is 38.6 cm³/mol. The van der Waals surface area contributed by atoms with Crippen LogP contribution in [0.4, 0.5) is 0 Å². The van der Waals surface area contributed by atoms with Crippen molar-refractivity contribution in [3.05, 3.63) is 21.0 Å². The third kappa shape index (κ3) is 0.840. The van der Waals surface area contributed by atoms with E-state index in [4.69, 9.17) is 0 Å². The maximum Gasteiger partial charge on any atom is 0.346 e. The van der Waals surface area contributed by atoms with Gasteiger partial charge in [0.05, 0.1) is 0 Å². The molecule has 0 saturated heterocycles. The van der Waals surface area contributed by atoms with E-state index in [0.29, 0.717) is 0 Å². The van der Waals surface area contributed by atoms with E-state index < -0.39 is 0 Å². The van der Waals surface area contributed by atoms with E-state index in [1.54, 1.807) is 7.05 Å². The summed E-state index contributed by atoms with van der Waals surface area (Å²) in [6, 6.07) is 0.160. The Hall–Kier alpha value is -1.26. The van der Waals surface area contributed by atoms with E-state index in [1.165, 1.54) is 9.25 Å². The van der Waals surface area contributed by atoms with Crippen molar-refractivity contribution >= 4 is 0 Å². The van der Waals surface area contributed by atoms with Crippen LogP contribution < -0.4 is 11.4 Å². The van der Waals surface area contributed by atoms with Gasteiger partial charge in [0.25, 0.3) is 0 Å². The largest absolute Gasteiger partial charge is 0.346 e. The Labute approximate surface area is 62.2 Å². The van der Waals surface area contributed by atoms with Gasteiger partial charge in [-0.2, -0.15) is 0 Å². The van der Waals surface area contributed by atoms with E-state index in [9.17, 15) is 9.59 Å². The second-order valence-electron chi connectivity index (χ2n) is 2.86. The van der Waals surface area contributed by atoms with Crippen LogP contribution in [-0.4, -0.2) is 14.3 Å². The third-order valence-corrected chi connectivity index (χ3v) is 1.89.